The molecule has 16 heavy (non-hydrogen) atoms. The maximum Gasteiger partial charge on any atom is 0.0853 e. The summed E-state index contributed by atoms with van der Waals surface area (Å²) in [5.74, 6) is 0. The first kappa shape index (κ1) is 11.1. The van der Waals surface area contributed by atoms with Gasteiger partial charge in [-0.25, -0.2) is 4.98 Å². The van der Waals surface area contributed by atoms with Crippen molar-refractivity contribution in [3.63, 3.8) is 0 Å². The highest BCUT2D eigenvalue weighted by molar-refractivity contribution is 7.07. The Bertz CT molecular complexity index is 447. The van der Waals surface area contributed by atoms with Gasteiger partial charge in [0, 0.05) is 18.6 Å². The van der Waals surface area contributed by atoms with E-state index in [1.807, 2.05) is 23.4 Å². The maximum absolute atomic E-state index is 4.40. The zero-order valence-electron chi connectivity index (χ0n) is 9.77. The third kappa shape index (κ3) is 2.24. The van der Waals surface area contributed by atoms with E-state index in [9.17, 15) is 0 Å². The summed E-state index contributed by atoms with van der Waals surface area (Å²) in [6, 6.07) is 0.223. The van der Waals surface area contributed by atoms with Gasteiger partial charge >= 0.3 is 0 Å². The molecule has 86 valence electrons. The van der Waals surface area contributed by atoms with Crippen molar-refractivity contribution in [2.75, 3.05) is 5.32 Å². The van der Waals surface area contributed by atoms with Gasteiger partial charge in [0.25, 0.3) is 0 Å². The molecule has 0 aliphatic heterocycles. The van der Waals surface area contributed by atoms with Gasteiger partial charge in [-0.3, -0.25) is 4.68 Å². The van der Waals surface area contributed by atoms with Crippen molar-refractivity contribution in [1.29, 1.82) is 0 Å². The predicted molar refractivity (Wildman–Crippen MR) is 66.7 cm³/mol. The van der Waals surface area contributed by atoms with Crippen molar-refractivity contribution in [3.05, 3.63) is 28.5 Å². The third-order valence-corrected chi connectivity index (χ3v) is 3.11. The van der Waals surface area contributed by atoms with Crippen LogP contribution in [0.2, 0.25) is 0 Å². The van der Waals surface area contributed by atoms with Gasteiger partial charge in [-0.2, -0.15) is 5.10 Å². The molecule has 5 heteroatoms. The summed E-state index contributed by atoms with van der Waals surface area (Å²) in [6.45, 7) is 4.22. The van der Waals surface area contributed by atoms with E-state index in [1.165, 1.54) is 0 Å². The van der Waals surface area contributed by atoms with Crippen LogP contribution < -0.4 is 5.32 Å². The lowest BCUT2D eigenvalue weighted by atomic mass is 10.2. The van der Waals surface area contributed by atoms with Gasteiger partial charge < -0.3 is 5.32 Å². The molecule has 0 saturated heterocycles. The fourth-order valence-corrected chi connectivity index (χ4v) is 2.31. The first-order chi connectivity index (χ1) is 7.70. The Hall–Kier alpha value is -1.36. The van der Waals surface area contributed by atoms with E-state index in [-0.39, 0.29) is 6.04 Å². The third-order valence-electron chi connectivity index (χ3n) is 2.51. The summed E-state index contributed by atoms with van der Waals surface area (Å²) >= 11 is 1.62. The smallest absolute Gasteiger partial charge is 0.0853 e. The molecule has 2 aromatic rings. The monoisotopic (exact) mass is 236 g/mol. The molecule has 2 aromatic heterocycles. The minimum atomic E-state index is 0.223. The number of hydrogen-bond acceptors (Lipinski definition) is 4. The molecular formula is C11H16N4S. The highest BCUT2D eigenvalue weighted by Crippen LogP contribution is 2.21. The first-order valence-corrected chi connectivity index (χ1v) is 6.32. The van der Waals surface area contributed by atoms with Gasteiger partial charge in [0.1, 0.15) is 0 Å². The number of nitrogens with one attached hydrogen (secondary N) is 1. The summed E-state index contributed by atoms with van der Waals surface area (Å²) in [7, 11) is 1.94. The number of hydrogen-bond donors (Lipinski definition) is 1. The Balaban J connectivity index is 2.14. The first-order valence-electron chi connectivity index (χ1n) is 5.37. The molecule has 0 aromatic carbocycles. The standard InChI is InChI=1S/C11H16N4S/c1-4-9-10(5-15(3)14-9)13-8(2)11-6-16-7-12-11/h5-8,13H,4H2,1-3H3. The van der Waals surface area contributed by atoms with Crippen LogP contribution in [0, 0.1) is 0 Å². The summed E-state index contributed by atoms with van der Waals surface area (Å²) in [6.07, 6.45) is 2.95. The van der Waals surface area contributed by atoms with Crippen molar-refractivity contribution >= 4 is 17.0 Å². The fraction of sp³-hybridized carbons (Fsp3) is 0.455. The van der Waals surface area contributed by atoms with Crippen molar-refractivity contribution in [2.45, 2.75) is 26.3 Å². The van der Waals surface area contributed by atoms with Crippen LogP contribution >= 0.6 is 11.3 Å². The average molecular weight is 236 g/mol. The van der Waals surface area contributed by atoms with Crippen LogP contribution in [0.1, 0.15) is 31.3 Å². The fourth-order valence-electron chi connectivity index (χ4n) is 1.66. The minimum Gasteiger partial charge on any atom is -0.374 e. The second-order valence-electron chi connectivity index (χ2n) is 3.80. The molecule has 1 unspecified atom stereocenters. The molecule has 0 fully saturated rings. The number of nitrogens with zero attached hydrogens (tertiary/aromatic N) is 3. The molecule has 1 atom stereocenters. The summed E-state index contributed by atoms with van der Waals surface area (Å²) in [5.41, 5.74) is 5.14. The lowest BCUT2D eigenvalue weighted by molar-refractivity contribution is 0.746. The van der Waals surface area contributed by atoms with Gasteiger partial charge in [-0.05, 0) is 13.3 Å². The number of rotatable bonds is 4. The van der Waals surface area contributed by atoms with Crippen LogP contribution in [-0.4, -0.2) is 14.8 Å². The van der Waals surface area contributed by atoms with E-state index in [2.05, 4.69) is 34.6 Å². The van der Waals surface area contributed by atoms with Crippen LogP contribution in [0.3, 0.4) is 0 Å². The van der Waals surface area contributed by atoms with Gasteiger partial charge in [-0.15, -0.1) is 11.3 Å². The molecule has 0 saturated carbocycles. The molecule has 1 N–H and O–H groups in total. The van der Waals surface area contributed by atoms with E-state index in [1.54, 1.807) is 11.3 Å². The van der Waals surface area contributed by atoms with Crippen molar-refractivity contribution in [2.24, 2.45) is 7.05 Å². The molecule has 2 rings (SSSR count). The van der Waals surface area contributed by atoms with E-state index in [0.29, 0.717) is 0 Å². The van der Waals surface area contributed by atoms with Crippen molar-refractivity contribution in [3.8, 4) is 0 Å². The second-order valence-corrected chi connectivity index (χ2v) is 4.51. The number of aryl methyl sites for hydroxylation is 2. The Morgan fingerprint density at radius 3 is 3.00 bits per heavy atom. The largest absolute Gasteiger partial charge is 0.374 e. The predicted octanol–water partition coefficient (Wildman–Crippen LogP) is 2.61. The van der Waals surface area contributed by atoms with Crippen LogP contribution in [0.4, 0.5) is 5.69 Å². The van der Waals surface area contributed by atoms with Crippen LogP contribution in [0.5, 0.6) is 0 Å². The van der Waals surface area contributed by atoms with E-state index in [0.717, 1.165) is 23.5 Å². The topological polar surface area (TPSA) is 42.7 Å². The van der Waals surface area contributed by atoms with Crippen molar-refractivity contribution < 1.29 is 0 Å². The van der Waals surface area contributed by atoms with E-state index in [4.69, 9.17) is 0 Å². The zero-order valence-corrected chi connectivity index (χ0v) is 10.6. The van der Waals surface area contributed by atoms with Crippen LogP contribution in [-0.2, 0) is 13.5 Å². The number of thiazole rings is 1. The van der Waals surface area contributed by atoms with Crippen LogP contribution in [0.25, 0.3) is 0 Å². The Labute approximate surface area is 99.3 Å². The number of anilines is 1. The molecule has 0 bridgehead atoms. The van der Waals surface area contributed by atoms with Gasteiger partial charge in [0.15, 0.2) is 0 Å². The zero-order chi connectivity index (χ0) is 11.5. The molecule has 2 heterocycles. The molecule has 0 amide bonds. The minimum absolute atomic E-state index is 0.223. The summed E-state index contributed by atoms with van der Waals surface area (Å²) < 4.78 is 1.84. The molecule has 0 radical (unpaired) electrons. The van der Waals surface area contributed by atoms with E-state index >= 15 is 0 Å². The highest BCUT2D eigenvalue weighted by atomic mass is 32.1. The lowest BCUT2D eigenvalue weighted by Crippen LogP contribution is -2.07. The SMILES string of the molecule is CCc1nn(C)cc1NC(C)c1cscn1. The molecule has 0 aliphatic rings. The maximum atomic E-state index is 4.40. The summed E-state index contributed by atoms with van der Waals surface area (Å²) in [4.78, 5) is 4.30. The Morgan fingerprint density at radius 1 is 1.56 bits per heavy atom. The summed E-state index contributed by atoms with van der Waals surface area (Å²) in [5, 5.41) is 9.91. The number of aromatic nitrogens is 3. The Morgan fingerprint density at radius 2 is 2.38 bits per heavy atom. The average Bonchev–Trinajstić information content (AvgIpc) is 2.87. The molecule has 0 spiro atoms. The highest BCUT2D eigenvalue weighted by Gasteiger charge is 2.11. The normalized spacial score (nSPS) is 12.7. The van der Waals surface area contributed by atoms with Crippen LogP contribution in [0.15, 0.2) is 17.1 Å². The van der Waals surface area contributed by atoms with Gasteiger partial charge in [0.2, 0.25) is 0 Å². The quantitative estimate of drug-likeness (QED) is 0.887. The molecular weight excluding hydrogens is 220 g/mol. The van der Waals surface area contributed by atoms with Gasteiger partial charge in [-0.1, -0.05) is 6.92 Å². The molecule has 4 nitrogen and oxygen atoms in total. The Kier molecular flexibility index (Phi) is 3.24. The molecule has 0 aliphatic carbocycles. The van der Waals surface area contributed by atoms with Gasteiger partial charge in [0.05, 0.1) is 28.6 Å². The lowest BCUT2D eigenvalue weighted by Gasteiger charge is -2.12. The second kappa shape index (κ2) is 4.65. The van der Waals surface area contributed by atoms with E-state index < -0.39 is 0 Å². The van der Waals surface area contributed by atoms with Crippen molar-refractivity contribution in [1.82, 2.24) is 14.8 Å².